The van der Waals surface area contributed by atoms with Crippen molar-refractivity contribution in [2.75, 3.05) is 6.61 Å². The van der Waals surface area contributed by atoms with Gasteiger partial charge in [0, 0.05) is 6.07 Å². The van der Waals surface area contributed by atoms with E-state index in [1.807, 2.05) is 26.8 Å². The molecule has 0 radical (unpaired) electrons. The summed E-state index contributed by atoms with van der Waals surface area (Å²) >= 11 is 0. The van der Waals surface area contributed by atoms with Crippen LogP contribution in [0.1, 0.15) is 59.9 Å². The molecule has 21 heavy (non-hydrogen) atoms. The Morgan fingerprint density at radius 3 is 2.19 bits per heavy atom. The number of hydrogen-bond donors (Lipinski definition) is 0. The van der Waals surface area contributed by atoms with Crippen LogP contribution in [0.15, 0.2) is 18.2 Å². The van der Waals surface area contributed by atoms with Crippen LogP contribution in [-0.2, 0) is 0 Å². The third-order valence-electron chi connectivity index (χ3n) is 3.64. The quantitative estimate of drug-likeness (QED) is 0.568. The largest absolute Gasteiger partial charge is 0.486 e. The molecule has 0 amide bonds. The Hall–Kier alpha value is -1.58. The Kier molecular flexibility index (Phi) is 5.03. The minimum absolute atomic E-state index is 0.0365. The van der Waals surface area contributed by atoms with Gasteiger partial charge in [-0.2, -0.15) is 0 Å². The van der Waals surface area contributed by atoms with E-state index in [2.05, 4.69) is 27.7 Å². The van der Waals surface area contributed by atoms with Gasteiger partial charge < -0.3 is 4.74 Å². The summed E-state index contributed by atoms with van der Waals surface area (Å²) in [6.07, 6.45) is 0. The van der Waals surface area contributed by atoms with Crippen molar-refractivity contribution in [2.24, 2.45) is 10.8 Å². The highest BCUT2D eigenvalue weighted by molar-refractivity contribution is 5.49. The summed E-state index contributed by atoms with van der Waals surface area (Å²) in [5, 5.41) is 11.3. The normalized spacial score (nSPS) is 13.9. The number of benzene rings is 1. The maximum atomic E-state index is 11.3. The van der Waals surface area contributed by atoms with E-state index in [1.165, 1.54) is 0 Å². The van der Waals surface area contributed by atoms with E-state index in [-0.39, 0.29) is 27.4 Å². The second-order valence-electron chi connectivity index (χ2n) is 7.92. The molecule has 1 atom stereocenters. The first-order valence-corrected chi connectivity index (χ1v) is 7.33. The monoisotopic (exact) mass is 293 g/mol. The summed E-state index contributed by atoms with van der Waals surface area (Å²) < 4.78 is 5.64. The van der Waals surface area contributed by atoms with Gasteiger partial charge in [0.25, 0.3) is 0 Å². The number of nitro groups is 1. The Balaban J connectivity index is 3.11. The lowest BCUT2D eigenvalue weighted by Gasteiger charge is -2.27. The fraction of sp³-hybridized carbons (Fsp3) is 0.647. The highest BCUT2D eigenvalue weighted by Gasteiger charge is 2.25. The van der Waals surface area contributed by atoms with Crippen molar-refractivity contribution in [3.8, 4) is 5.75 Å². The second-order valence-corrected chi connectivity index (χ2v) is 7.92. The molecule has 1 aromatic carbocycles. The first-order valence-electron chi connectivity index (χ1n) is 7.33. The fourth-order valence-electron chi connectivity index (χ4n) is 1.86. The van der Waals surface area contributed by atoms with Crippen molar-refractivity contribution in [1.82, 2.24) is 0 Å². The summed E-state index contributed by atoms with van der Waals surface area (Å²) in [6.45, 7) is 15.0. The van der Waals surface area contributed by atoms with Crippen molar-refractivity contribution in [2.45, 2.75) is 54.4 Å². The zero-order valence-corrected chi connectivity index (χ0v) is 14.2. The molecule has 0 fully saturated rings. The number of rotatable bonds is 4. The second kappa shape index (κ2) is 6.04. The summed E-state index contributed by atoms with van der Waals surface area (Å²) in [7, 11) is 0. The molecule has 0 heterocycles. The van der Waals surface area contributed by atoms with Gasteiger partial charge in [-0.1, -0.05) is 54.5 Å². The predicted molar refractivity (Wildman–Crippen MR) is 85.9 cm³/mol. The first kappa shape index (κ1) is 17.5. The van der Waals surface area contributed by atoms with Crippen molar-refractivity contribution in [3.05, 3.63) is 33.9 Å². The molecule has 0 aliphatic heterocycles. The smallest absolute Gasteiger partial charge is 0.311 e. The summed E-state index contributed by atoms with van der Waals surface area (Å²) in [4.78, 5) is 10.9. The minimum atomic E-state index is -0.364. The van der Waals surface area contributed by atoms with Gasteiger partial charge in [-0.3, -0.25) is 10.1 Å². The molecule has 0 spiro atoms. The standard InChI is InChI=1S/C17H27NO3/c1-12(17(5,6)7)13-8-9-15(14(10-13)18(19)20)21-11-16(2,3)4/h8-10,12H,11H2,1-7H3. The zero-order valence-electron chi connectivity index (χ0n) is 14.2. The van der Waals surface area contributed by atoms with Crippen molar-refractivity contribution in [1.29, 1.82) is 0 Å². The number of nitro benzene ring substituents is 1. The van der Waals surface area contributed by atoms with E-state index in [0.29, 0.717) is 12.4 Å². The van der Waals surface area contributed by atoms with Crippen LogP contribution >= 0.6 is 0 Å². The minimum Gasteiger partial charge on any atom is -0.486 e. The molecule has 1 unspecified atom stereocenters. The van der Waals surface area contributed by atoms with Gasteiger partial charge in [0.2, 0.25) is 0 Å². The maximum Gasteiger partial charge on any atom is 0.311 e. The predicted octanol–water partition coefficient (Wildman–Crippen LogP) is 5.17. The lowest BCUT2D eigenvalue weighted by molar-refractivity contribution is -0.386. The van der Waals surface area contributed by atoms with E-state index < -0.39 is 0 Å². The Morgan fingerprint density at radius 1 is 1.19 bits per heavy atom. The Morgan fingerprint density at radius 2 is 1.76 bits per heavy atom. The first-order chi connectivity index (χ1) is 9.42. The Labute approximate surface area is 127 Å². The molecule has 0 N–H and O–H groups in total. The topological polar surface area (TPSA) is 52.4 Å². The SMILES string of the molecule is CC(c1ccc(OCC(C)(C)C)c([N+](=O)[O-])c1)C(C)(C)C. The number of nitrogens with zero attached hydrogens (tertiary/aromatic N) is 1. The van der Waals surface area contributed by atoms with Crippen molar-refractivity contribution in [3.63, 3.8) is 0 Å². The summed E-state index contributed by atoms with van der Waals surface area (Å²) in [5.74, 6) is 0.577. The van der Waals surface area contributed by atoms with Crippen LogP contribution in [0.5, 0.6) is 5.75 Å². The van der Waals surface area contributed by atoms with E-state index in [1.54, 1.807) is 12.1 Å². The van der Waals surface area contributed by atoms with Gasteiger partial charge in [-0.15, -0.1) is 0 Å². The summed E-state index contributed by atoms with van der Waals surface area (Å²) in [6, 6.07) is 5.30. The van der Waals surface area contributed by atoms with Gasteiger partial charge in [0.1, 0.15) is 0 Å². The molecular weight excluding hydrogens is 266 g/mol. The molecule has 0 saturated heterocycles. The van der Waals surface area contributed by atoms with Crippen LogP contribution in [0.2, 0.25) is 0 Å². The molecule has 0 bridgehead atoms. The molecule has 0 aliphatic rings. The molecular formula is C17H27NO3. The van der Waals surface area contributed by atoms with Crippen LogP contribution in [-0.4, -0.2) is 11.5 Å². The lowest BCUT2D eigenvalue weighted by Crippen LogP contribution is -2.18. The average Bonchev–Trinajstić information content (AvgIpc) is 2.33. The van der Waals surface area contributed by atoms with Crippen LogP contribution in [0.4, 0.5) is 5.69 Å². The summed E-state index contributed by atoms with van der Waals surface area (Å²) in [5.41, 5.74) is 1.04. The van der Waals surface area contributed by atoms with Gasteiger partial charge in [-0.05, 0) is 28.4 Å². The average molecular weight is 293 g/mol. The lowest BCUT2D eigenvalue weighted by atomic mass is 9.78. The Bertz CT molecular complexity index is 510. The maximum absolute atomic E-state index is 11.3. The van der Waals surface area contributed by atoms with E-state index >= 15 is 0 Å². The molecule has 0 saturated carbocycles. The fourth-order valence-corrected chi connectivity index (χ4v) is 1.86. The van der Waals surface area contributed by atoms with Crippen molar-refractivity contribution < 1.29 is 9.66 Å². The molecule has 0 aromatic heterocycles. The van der Waals surface area contributed by atoms with Crippen LogP contribution in [0.25, 0.3) is 0 Å². The van der Waals surface area contributed by atoms with Crippen LogP contribution < -0.4 is 4.74 Å². The molecule has 0 aliphatic carbocycles. The van der Waals surface area contributed by atoms with Crippen molar-refractivity contribution >= 4 is 5.69 Å². The highest BCUT2D eigenvalue weighted by Crippen LogP contribution is 2.38. The van der Waals surface area contributed by atoms with E-state index in [4.69, 9.17) is 4.74 Å². The highest BCUT2D eigenvalue weighted by atomic mass is 16.6. The van der Waals surface area contributed by atoms with Crippen LogP contribution in [0, 0.1) is 20.9 Å². The number of hydrogen-bond acceptors (Lipinski definition) is 3. The van der Waals surface area contributed by atoms with E-state index in [9.17, 15) is 10.1 Å². The van der Waals surface area contributed by atoms with E-state index in [0.717, 1.165) is 5.56 Å². The van der Waals surface area contributed by atoms with Gasteiger partial charge >= 0.3 is 5.69 Å². The molecule has 118 valence electrons. The molecule has 1 rings (SSSR count). The third kappa shape index (κ3) is 5.03. The molecule has 4 heteroatoms. The van der Waals surface area contributed by atoms with Gasteiger partial charge in [0.15, 0.2) is 5.75 Å². The molecule has 4 nitrogen and oxygen atoms in total. The molecule has 1 aromatic rings. The van der Waals surface area contributed by atoms with Gasteiger partial charge in [0.05, 0.1) is 11.5 Å². The van der Waals surface area contributed by atoms with Gasteiger partial charge in [-0.25, -0.2) is 0 Å². The van der Waals surface area contributed by atoms with Crippen LogP contribution in [0.3, 0.4) is 0 Å². The zero-order chi connectivity index (χ0) is 16.4. The third-order valence-corrected chi connectivity index (χ3v) is 3.64. The number of ether oxygens (including phenoxy) is 1.